The fraction of sp³-hybridized carbons (Fsp3) is 0.667. The Labute approximate surface area is 121 Å². The van der Waals surface area contributed by atoms with Gasteiger partial charge in [0.1, 0.15) is 11.6 Å². The zero-order valence-electron chi connectivity index (χ0n) is 13.0. The van der Waals surface area contributed by atoms with Crippen molar-refractivity contribution < 1.29 is 9.59 Å². The number of ketones is 2. The first-order valence-electron chi connectivity index (χ1n) is 7.78. The van der Waals surface area contributed by atoms with E-state index in [1.54, 1.807) is 0 Å². The highest BCUT2D eigenvalue weighted by atomic mass is 16.1. The maximum atomic E-state index is 12.8. The van der Waals surface area contributed by atoms with Gasteiger partial charge in [0.05, 0.1) is 0 Å². The monoisotopic (exact) mass is 272 g/mol. The summed E-state index contributed by atoms with van der Waals surface area (Å²) in [5.41, 5.74) is 5.30. The lowest BCUT2D eigenvalue weighted by molar-refractivity contribution is -0.148. The van der Waals surface area contributed by atoms with E-state index >= 15 is 0 Å². The molecule has 2 nitrogen and oxygen atoms in total. The van der Waals surface area contributed by atoms with E-state index in [0.717, 1.165) is 25.7 Å². The van der Waals surface area contributed by atoms with Crippen LogP contribution >= 0.6 is 0 Å². The zero-order valence-corrected chi connectivity index (χ0v) is 13.0. The van der Waals surface area contributed by atoms with E-state index in [0.29, 0.717) is 11.6 Å². The van der Waals surface area contributed by atoms with Crippen LogP contribution in [0.1, 0.15) is 53.4 Å². The van der Waals surface area contributed by atoms with Crippen molar-refractivity contribution in [1.82, 2.24) is 0 Å². The molecule has 0 aromatic carbocycles. The summed E-state index contributed by atoms with van der Waals surface area (Å²) in [6, 6.07) is 0. The van der Waals surface area contributed by atoms with Gasteiger partial charge in [-0.05, 0) is 53.4 Å². The Bertz CT molecular complexity index is 456. The van der Waals surface area contributed by atoms with Crippen LogP contribution in [0.25, 0.3) is 0 Å². The van der Waals surface area contributed by atoms with E-state index in [2.05, 4.69) is 27.7 Å². The van der Waals surface area contributed by atoms with Crippen LogP contribution in [0.3, 0.4) is 0 Å². The van der Waals surface area contributed by atoms with E-state index in [4.69, 9.17) is 0 Å². The standard InChI is InChI=1S/C18H24O2/c1-9-5-13-14(6-10(9)2)18(20)16-8-12(4)11(3)7-15(16)17(13)19/h13-16H,5-8H2,1-4H3/t13-,14-,15-,16+/m0/s1. The van der Waals surface area contributed by atoms with E-state index in [1.807, 2.05) is 0 Å². The van der Waals surface area contributed by atoms with Crippen LogP contribution < -0.4 is 0 Å². The third-order valence-corrected chi connectivity index (χ3v) is 5.99. The van der Waals surface area contributed by atoms with Crippen molar-refractivity contribution in [2.45, 2.75) is 53.4 Å². The van der Waals surface area contributed by atoms with Gasteiger partial charge in [-0.3, -0.25) is 9.59 Å². The third-order valence-electron chi connectivity index (χ3n) is 5.99. The zero-order chi connectivity index (χ0) is 14.6. The summed E-state index contributed by atoms with van der Waals surface area (Å²) in [5.74, 6) is 0.631. The van der Waals surface area contributed by atoms with Gasteiger partial charge in [-0.2, -0.15) is 0 Å². The summed E-state index contributed by atoms with van der Waals surface area (Å²) < 4.78 is 0. The molecular formula is C18H24O2. The van der Waals surface area contributed by atoms with Gasteiger partial charge < -0.3 is 0 Å². The lowest BCUT2D eigenvalue weighted by Gasteiger charge is -2.44. The lowest BCUT2D eigenvalue weighted by atomic mass is 9.57. The number of Topliss-reactive ketones (excluding diaryl/α,β-unsaturated/α-hetero) is 2. The quantitative estimate of drug-likeness (QED) is 0.627. The van der Waals surface area contributed by atoms with Crippen LogP contribution in [0.2, 0.25) is 0 Å². The number of allylic oxidation sites excluding steroid dienone is 4. The summed E-state index contributed by atoms with van der Waals surface area (Å²) in [7, 11) is 0. The van der Waals surface area contributed by atoms with Crippen LogP contribution in [0.5, 0.6) is 0 Å². The second-order valence-electron chi connectivity index (χ2n) is 7.17. The smallest absolute Gasteiger partial charge is 0.141 e. The second kappa shape index (κ2) is 4.68. The summed E-state index contributed by atoms with van der Waals surface area (Å²) in [5, 5.41) is 0. The molecule has 2 heteroatoms. The van der Waals surface area contributed by atoms with Crippen molar-refractivity contribution in [3.63, 3.8) is 0 Å². The minimum atomic E-state index is -0.0290. The van der Waals surface area contributed by atoms with Crippen LogP contribution in [0, 0.1) is 23.7 Å². The molecule has 0 spiro atoms. The Morgan fingerprint density at radius 2 is 0.750 bits per heavy atom. The molecule has 3 rings (SSSR count). The SMILES string of the molecule is CC1=C(C)C[C@@H]2C(=O)[C@@H]3CC(C)=C(C)C[C@@H]3C(=O)[C@H]2C1. The Morgan fingerprint density at radius 3 is 0.950 bits per heavy atom. The first-order chi connectivity index (χ1) is 9.40. The fourth-order valence-electron chi connectivity index (χ4n) is 4.33. The average molecular weight is 272 g/mol. The Morgan fingerprint density at radius 1 is 0.550 bits per heavy atom. The molecule has 0 amide bonds. The number of hydrogen-bond acceptors (Lipinski definition) is 2. The number of hydrogen-bond donors (Lipinski definition) is 0. The van der Waals surface area contributed by atoms with Crippen LogP contribution in [0.15, 0.2) is 22.3 Å². The van der Waals surface area contributed by atoms with Crippen molar-refractivity contribution in [2.75, 3.05) is 0 Å². The molecule has 1 fully saturated rings. The van der Waals surface area contributed by atoms with Gasteiger partial charge in [-0.15, -0.1) is 0 Å². The van der Waals surface area contributed by atoms with Crippen molar-refractivity contribution in [1.29, 1.82) is 0 Å². The predicted octanol–water partition coefficient (Wildman–Crippen LogP) is 3.86. The lowest BCUT2D eigenvalue weighted by Crippen LogP contribution is -2.50. The fourth-order valence-corrected chi connectivity index (χ4v) is 4.33. The molecule has 1 saturated carbocycles. The normalized spacial score (nSPS) is 38.0. The molecule has 20 heavy (non-hydrogen) atoms. The van der Waals surface area contributed by atoms with Crippen LogP contribution in [0.4, 0.5) is 0 Å². The molecule has 108 valence electrons. The molecule has 0 heterocycles. The first-order valence-corrected chi connectivity index (χ1v) is 7.78. The number of carbonyl (C=O) groups is 2. The minimum Gasteiger partial charge on any atom is -0.299 e. The van der Waals surface area contributed by atoms with Gasteiger partial charge in [0, 0.05) is 23.7 Å². The molecule has 0 saturated heterocycles. The molecule has 0 radical (unpaired) electrons. The maximum Gasteiger partial charge on any atom is 0.141 e. The van der Waals surface area contributed by atoms with Crippen molar-refractivity contribution >= 4 is 11.6 Å². The van der Waals surface area contributed by atoms with Crippen molar-refractivity contribution in [2.24, 2.45) is 23.7 Å². The third kappa shape index (κ3) is 1.92. The molecule has 0 aliphatic heterocycles. The molecule has 0 unspecified atom stereocenters. The van der Waals surface area contributed by atoms with Crippen molar-refractivity contribution in [3.8, 4) is 0 Å². The summed E-state index contributed by atoms with van der Waals surface area (Å²) in [6.07, 6.45) is 3.25. The van der Waals surface area contributed by atoms with Crippen LogP contribution in [-0.2, 0) is 9.59 Å². The second-order valence-corrected chi connectivity index (χ2v) is 7.17. The first kappa shape index (κ1) is 13.8. The molecule has 0 aromatic rings. The summed E-state index contributed by atoms with van der Waals surface area (Å²) in [4.78, 5) is 25.7. The molecule has 3 aliphatic rings. The topological polar surface area (TPSA) is 34.1 Å². The maximum absolute atomic E-state index is 12.8. The Hall–Kier alpha value is -1.18. The van der Waals surface area contributed by atoms with E-state index < -0.39 is 0 Å². The van der Waals surface area contributed by atoms with E-state index in [1.165, 1.54) is 22.3 Å². The molecule has 0 N–H and O–H groups in total. The predicted molar refractivity (Wildman–Crippen MR) is 79.2 cm³/mol. The van der Waals surface area contributed by atoms with E-state index in [-0.39, 0.29) is 23.7 Å². The highest BCUT2D eigenvalue weighted by Gasteiger charge is 2.51. The average Bonchev–Trinajstić information content (AvgIpc) is 2.41. The minimum absolute atomic E-state index is 0.0290. The number of carbonyl (C=O) groups excluding carboxylic acids is 2. The molecule has 0 aromatic heterocycles. The van der Waals surface area contributed by atoms with Gasteiger partial charge in [0.15, 0.2) is 0 Å². The van der Waals surface area contributed by atoms with Crippen LogP contribution in [-0.4, -0.2) is 11.6 Å². The van der Waals surface area contributed by atoms with E-state index in [9.17, 15) is 9.59 Å². The molecular weight excluding hydrogens is 248 g/mol. The van der Waals surface area contributed by atoms with Gasteiger partial charge in [0.25, 0.3) is 0 Å². The number of rotatable bonds is 0. The van der Waals surface area contributed by atoms with Gasteiger partial charge >= 0.3 is 0 Å². The Balaban J connectivity index is 1.97. The summed E-state index contributed by atoms with van der Waals surface area (Å²) in [6.45, 7) is 8.47. The summed E-state index contributed by atoms with van der Waals surface area (Å²) >= 11 is 0. The molecule has 3 aliphatic carbocycles. The highest BCUT2D eigenvalue weighted by molar-refractivity contribution is 6.00. The Kier molecular flexibility index (Phi) is 3.23. The molecule has 0 bridgehead atoms. The van der Waals surface area contributed by atoms with Gasteiger partial charge in [-0.25, -0.2) is 0 Å². The van der Waals surface area contributed by atoms with Crippen molar-refractivity contribution in [3.05, 3.63) is 22.3 Å². The molecule has 4 atom stereocenters. The van der Waals surface area contributed by atoms with Gasteiger partial charge in [0.2, 0.25) is 0 Å². The van der Waals surface area contributed by atoms with Gasteiger partial charge in [-0.1, -0.05) is 22.3 Å². The largest absolute Gasteiger partial charge is 0.299 e. The number of fused-ring (bicyclic) bond motifs is 2. The highest BCUT2D eigenvalue weighted by Crippen LogP contribution is 2.48.